The van der Waals surface area contributed by atoms with E-state index in [1.165, 1.54) is 12.3 Å². The molecule has 36 heavy (non-hydrogen) atoms. The molecule has 0 aliphatic heterocycles. The van der Waals surface area contributed by atoms with Crippen molar-refractivity contribution < 1.29 is 18.5 Å². The fourth-order valence-electron chi connectivity index (χ4n) is 3.01. The Morgan fingerprint density at radius 1 is 1.06 bits per heavy atom. The van der Waals surface area contributed by atoms with Crippen LogP contribution >= 0.6 is 0 Å². The van der Waals surface area contributed by atoms with Gasteiger partial charge in [0.05, 0.1) is 28.5 Å². The molecule has 3 N–H and O–H groups in total. The highest BCUT2D eigenvalue weighted by atomic mass is 32.2. The van der Waals surface area contributed by atoms with Crippen LogP contribution < -0.4 is 20.7 Å². The minimum Gasteiger partial charge on any atom is -0.491 e. The Kier molecular flexibility index (Phi) is 9.96. The van der Waals surface area contributed by atoms with Crippen molar-refractivity contribution in [1.29, 1.82) is 0 Å². The number of methoxy groups -OCH3 is 1. The molecule has 190 valence electrons. The van der Waals surface area contributed by atoms with E-state index in [9.17, 15) is 9.00 Å². The number of amides is 1. The number of rotatable bonds is 12. The Labute approximate surface area is 213 Å². The lowest BCUT2D eigenvalue weighted by molar-refractivity contribution is -0.111. The molecule has 0 spiro atoms. The van der Waals surface area contributed by atoms with Gasteiger partial charge in [-0.05, 0) is 54.5 Å². The first-order chi connectivity index (χ1) is 17.3. The van der Waals surface area contributed by atoms with E-state index in [2.05, 4.69) is 25.9 Å². The molecule has 0 saturated heterocycles. The second kappa shape index (κ2) is 13.4. The Balaban J connectivity index is 1.74. The van der Waals surface area contributed by atoms with Gasteiger partial charge in [0, 0.05) is 30.4 Å². The molecule has 1 heterocycles. The standard InChI is InChI=1S/C26H31N5O4S/c1-18(2)8-13-24(32)28-20-6-5-7-21(16-20)29-25-23(36(4)33)17-27-26(31-25)30-19-9-11-22(12-10-19)35-15-14-34-3/h5-13,16-18H,14-15H2,1-4H3,(H,28,32)(H2,27,29,30,31). The van der Waals surface area contributed by atoms with Gasteiger partial charge in [0.2, 0.25) is 11.9 Å². The van der Waals surface area contributed by atoms with Crippen molar-refractivity contribution >= 4 is 45.5 Å². The van der Waals surface area contributed by atoms with Gasteiger partial charge in [0.25, 0.3) is 0 Å². The van der Waals surface area contributed by atoms with E-state index in [0.29, 0.717) is 41.3 Å². The Morgan fingerprint density at radius 3 is 2.50 bits per heavy atom. The molecule has 3 aromatic rings. The lowest BCUT2D eigenvalue weighted by Crippen LogP contribution is -2.09. The van der Waals surface area contributed by atoms with Crippen molar-refractivity contribution in [2.24, 2.45) is 5.92 Å². The lowest BCUT2D eigenvalue weighted by Gasteiger charge is -2.13. The first-order valence-electron chi connectivity index (χ1n) is 11.4. The summed E-state index contributed by atoms with van der Waals surface area (Å²) in [4.78, 5) is 21.4. The maximum absolute atomic E-state index is 12.3. The van der Waals surface area contributed by atoms with Crippen molar-refractivity contribution in [2.45, 2.75) is 18.7 Å². The van der Waals surface area contributed by atoms with Gasteiger partial charge in [-0.25, -0.2) is 4.98 Å². The summed E-state index contributed by atoms with van der Waals surface area (Å²) < 4.78 is 22.9. The molecule has 0 saturated carbocycles. The van der Waals surface area contributed by atoms with Crippen LogP contribution in [-0.4, -0.2) is 46.7 Å². The molecule has 1 unspecified atom stereocenters. The molecule has 3 rings (SSSR count). The normalized spacial score (nSPS) is 11.9. The number of nitrogens with zero attached hydrogens (tertiary/aromatic N) is 2. The fourth-order valence-corrected chi connectivity index (χ4v) is 3.58. The molecule has 1 aromatic heterocycles. The van der Waals surface area contributed by atoms with Crippen LogP contribution in [0.1, 0.15) is 13.8 Å². The van der Waals surface area contributed by atoms with Crippen LogP contribution in [-0.2, 0) is 20.3 Å². The average Bonchev–Trinajstić information content (AvgIpc) is 2.84. The summed E-state index contributed by atoms with van der Waals surface area (Å²) in [5.41, 5.74) is 2.07. The molecule has 0 bridgehead atoms. The van der Waals surface area contributed by atoms with Crippen molar-refractivity contribution in [3.05, 3.63) is 66.9 Å². The minimum absolute atomic E-state index is 0.208. The molecule has 0 aliphatic rings. The van der Waals surface area contributed by atoms with Gasteiger partial charge >= 0.3 is 0 Å². The maximum Gasteiger partial charge on any atom is 0.248 e. The van der Waals surface area contributed by atoms with E-state index in [1.54, 1.807) is 25.5 Å². The number of hydrogen-bond acceptors (Lipinski definition) is 8. The summed E-state index contributed by atoms with van der Waals surface area (Å²) in [6.45, 7) is 4.99. The van der Waals surface area contributed by atoms with E-state index < -0.39 is 10.8 Å². The summed E-state index contributed by atoms with van der Waals surface area (Å²) in [7, 11) is 0.306. The largest absolute Gasteiger partial charge is 0.491 e. The van der Waals surface area contributed by atoms with Gasteiger partial charge in [-0.1, -0.05) is 26.0 Å². The zero-order valence-corrected chi connectivity index (χ0v) is 21.6. The summed E-state index contributed by atoms with van der Waals surface area (Å²) in [5, 5.41) is 9.18. The third kappa shape index (κ3) is 8.47. The third-order valence-electron chi connectivity index (χ3n) is 4.76. The number of carbonyl (C=O) groups excluding carboxylic acids is 1. The maximum atomic E-state index is 12.3. The molecule has 0 radical (unpaired) electrons. The molecule has 0 fully saturated rings. The van der Waals surface area contributed by atoms with E-state index >= 15 is 0 Å². The lowest BCUT2D eigenvalue weighted by atomic mass is 10.2. The van der Waals surface area contributed by atoms with Gasteiger partial charge in [-0.15, -0.1) is 0 Å². The van der Waals surface area contributed by atoms with Gasteiger partial charge in [0.1, 0.15) is 12.4 Å². The second-order valence-corrected chi connectivity index (χ2v) is 9.50. The van der Waals surface area contributed by atoms with E-state index in [-0.39, 0.29) is 11.8 Å². The van der Waals surface area contributed by atoms with Crippen LogP contribution in [0.15, 0.2) is 71.8 Å². The Hall–Kier alpha value is -3.76. The average molecular weight is 510 g/mol. The number of ether oxygens (including phenoxy) is 2. The summed E-state index contributed by atoms with van der Waals surface area (Å²) in [5.74, 6) is 1.54. The van der Waals surface area contributed by atoms with Crippen LogP contribution in [0.3, 0.4) is 0 Å². The third-order valence-corrected chi connectivity index (χ3v) is 5.68. The Morgan fingerprint density at radius 2 is 1.81 bits per heavy atom. The molecule has 1 atom stereocenters. The number of nitrogens with one attached hydrogen (secondary N) is 3. The molecule has 10 heteroatoms. The fraction of sp³-hybridized carbons (Fsp3) is 0.269. The second-order valence-electron chi connectivity index (χ2n) is 8.15. The summed E-state index contributed by atoms with van der Waals surface area (Å²) in [6.07, 6.45) is 6.44. The number of benzene rings is 2. The van der Waals surface area contributed by atoms with Crippen LogP contribution in [0, 0.1) is 5.92 Å². The van der Waals surface area contributed by atoms with Crippen molar-refractivity contribution in [1.82, 2.24) is 9.97 Å². The van der Waals surface area contributed by atoms with E-state index in [1.807, 2.05) is 56.3 Å². The predicted octanol–water partition coefficient (Wildman–Crippen LogP) is 4.88. The molecular formula is C26H31N5O4S. The van der Waals surface area contributed by atoms with Gasteiger partial charge in [-0.2, -0.15) is 4.98 Å². The van der Waals surface area contributed by atoms with Crippen LogP contribution in [0.4, 0.5) is 28.8 Å². The predicted molar refractivity (Wildman–Crippen MR) is 144 cm³/mol. The topological polar surface area (TPSA) is 114 Å². The molecule has 1 amide bonds. The van der Waals surface area contributed by atoms with Crippen molar-refractivity contribution in [3.8, 4) is 5.75 Å². The summed E-state index contributed by atoms with van der Waals surface area (Å²) in [6, 6.07) is 14.6. The SMILES string of the molecule is COCCOc1ccc(Nc2ncc(S(C)=O)c(Nc3cccc(NC(=O)C=CC(C)C)c3)n2)cc1. The summed E-state index contributed by atoms with van der Waals surface area (Å²) >= 11 is 0. The van der Waals surface area contributed by atoms with E-state index in [4.69, 9.17) is 9.47 Å². The molecule has 2 aromatic carbocycles. The van der Waals surface area contributed by atoms with Gasteiger partial charge in [-0.3, -0.25) is 9.00 Å². The zero-order chi connectivity index (χ0) is 25.9. The zero-order valence-electron chi connectivity index (χ0n) is 20.8. The highest BCUT2D eigenvalue weighted by molar-refractivity contribution is 7.84. The van der Waals surface area contributed by atoms with Crippen LogP contribution in [0.25, 0.3) is 0 Å². The van der Waals surface area contributed by atoms with Gasteiger partial charge < -0.3 is 25.4 Å². The quantitative estimate of drug-likeness (QED) is 0.234. The van der Waals surface area contributed by atoms with E-state index in [0.717, 1.165) is 11.4 Å². The van der Waals surface area contributed by atoms with Crippen molar-refractivity contribution in [2.75, 3.05) is 42.5 Å². The van der Waals surface area contributed by atoms with Gasteiger partial charge in [0.15, 0.2) is 5.82 Å². The molecular weight excluding hydrogens is 478 g/mol. The van der Waals surface area contributed by atoms with Crippen LogP contribution in [0.5, 0.6) is 5.75 Å². The Bertz CT molecular complexity index is 1220. The van der Waals surface area contributed by atoms with Crippen LogP contribution in [0.2, 0.25) is 0 Å². The van der Waals surface area contributed by atoms with Crippen molar-refractivity contribution in [3.63, 3.8) is 0 Å². The smallest absolute Gasteiger partial charge is 0.248 e. The highest BCUT2D eigenvalue weighted by Crippen LogP contribution is 2.25. The minimum atomic E-state index is -1.32. The molecule has 0 aliphatic carbocycles. The first-order valence-corrected chi connectivity index (χ1v) is 13.0. The number of anilines is 5. The monoisotopic (exact) mass is 509 g/mol. The first kappa shape index (κ1) is 26.8. The highest BCUT2D eigenvalue weighted by Gasteiger charge is 2.12. The number of allylic oxidation sites excluding steroid dienone is 1. The molecule has 9 nitrogen and oxygen atoms in total. The number of aromatic nitrogens is 2. The number of carbonyl (C=O) groups is 1. The number of hydrogen-bond donors (Lipinski definition) is 3.